The van der Waals surface area contributed by atoms with Crippen LogP contribution in [-0.2, 0) is 9.59 Å². The Morgan fingerprint density at radius 3 is 2.54 bits per heavy atom. The fraction of sp³-hybridized carbons (Fsp3) is 0.421. The van der Waals surface area contributed by atoms with Crippen LogP contribution in [0.4, 0.5) is 0 Å². The molecule has 1 unspecified atom stereocenters. The van der Waals surface area contributed by atoms with Gasteiger partial charge in [0.25, 0.3) is 0 Å². The van der Waals surface area contributed by atoms with Crippen molar-refractivity contribution in [1.82, 2.24) is 14.9 Å². The van der Waals surface area contributed by atoms with Crippen molar-refractivity contribution in [2.75, 3.05) is 0 Å². The average Bonchev–Trinajstić information content (AvgIpc) is 2.91. The summed E-state index contributed by atoms with van der Waals surface area (Å²) in [5.74, 6) is -0.487. The fourth-order valence-electron chi connectivity index (χ4n) is 2.81. The lowest BCUT2D eigenvalue weighted by atomic mass is 10.1. The molecule has 0 aromatic carbocycles. The maximum atomic E-state index is 12.1. The third-order valence-corrected chi connectivity index (χ3v) is 3.78. The van der Waals surface area contributed by atoms with Crippen LogP contribution in [-0.4, -0.2) is 21.4 Å². The first-order valence-corrected chi connectivity index (χ1v) is 8.55. The molecule has 3 heterocycles. The van der Waals surface area contributed by atoms with Gasteiger partial charge in [0, 0.05) is 23.7 Å². The second kappa shape index (κ2) is 9.01. The van der Waals surface area contributed by atoms with E-state index in [9.17, 15) is 9.59 Å². The summed E-state index contributed by atoms with van der Waals surface area (Å²) in [6, 6.07) is 3.44. The molecule has 1 aliphatic heterocycles. The van der Waals surface area contributed by atoms with E-state index in [1.54, 1.807) is 12.3 Å². The number of pyridine rings is 1. The summed E-state index contributed by atoms with van der Waals surface area (Å²) < 4.78 is 1.89. The Morgan fingerprint density at radius 1 is 1.29 bits per heavy atom. The summed E-state index contributed by atoms with van der Waals surface area (Å²) >= 11 is 0. The molecule has 2 aromatic heterocycles. The van der Waals surface area contributed by atoms with E-state index in [1.165, 1.54) is 0 Å². The Bertz CT molecular complexity index is 732. The Balaban J connectivity index is 0.000000671. The topological polar surface area (TPSA) is 64.0 Å². The molecule has 1 fully saturated rings. The van der Waals surface area contributed by atoms with Crippen LogP contribution in [0.3, 0.4) is 0 Å². The number of imide groups is 1. The zero-order chi connectivity index (χ0) is 18.3. The number of fused-ring (bicyclic) bond motifs is 1. The number of nitrogens with zero attached hydrogens (tertiary/aromatic N) is 2. The van der Waals surface area contributed by atoms with E-state index < -0.39 is 6.04 Å². The minimum atomic E-state index is -0.410. The molecule has 0 aliphatic carbocycles. The summed E-state index contributed by atoms with van der Waals surface area (Å²) in [7, 11) is 0. The smallest absolute Gasteiger partial charge is 0.249 e. The average molecular weight is 329 g/mol. The molecule has 0 saturated carbocycles. The highest BCUT2D eigenvalue weighted by Gasteiger charge is 2.31. The van der Waals surface area contributed by atoms with Gasteiger partial charge < -0.3 is 4.57 Å². The van der Waals surface area contributed by atoms with Gasteiger partial charge in [0.2, 0.25) is 11.8 Å². The van der Waals surface area contributed by atoms with Crippen LogP contribution in [0, 0.1) is 6.92 Å². The highest BCUT2D eigenvalue weighted by Crippen LogP contribution is 2.31. The Hall–Kier alpha value is -2.43. The van der Waals surface area contributed by atoms with Gasteiger partial charge in [-0.15, -0.1) is 0 Å². The van der Waals surface area contributed by atoms with Crippen LogP contribution in [0.2, 0.25) is 0 Å². The molecule has 0 spiro atoms. The van der Waals surface area contributed by atoms with Crippen molar-refractivity contribution in [3.8, 4) is 0 Å². The van der Waals surface area contributed by atoms with Crippen LogP contribution in [0.25, 0.3) is 17.1 Å². The summed E-state index contributed by atoms with van der Waals surface area (Å²) in [5.41, 5.74) is 2.69. The van der Waals surface area contributed by atoms with Gasteiger partial charge in [0.1, 0.15) is 11.7 Å². The quantitative estimate of drug-likeness (QED) is 0.846. The van der Waals surface area contributed by atoms with Crippen molar-refractivity contribution in [2.45, 2.75) is 53.5 Å². The van der Waals surface area contributed by atoms with Gasteiger partial charge in [-0.3, -0.25) is 14.9 Å². The summed E-state index contributed by atoms with van der Waals surface area (Å²) in [4.78, 5) is 27.8. The number of aryl methyl sites for hydroxylation is 1. The first kappa shape index (κ1) is 19.6. The lowest BCUT2D eigenvalue weighted by Crippen LogP contribution is -2.42. The zero-order valence-corrected chi connectivity index (χ0v) is 15.2. The maximum Gasteiger partial charge on any atom is 0.249 e. The number of amides is 2. The van der Waals surface area contributed by atoms with E-state index in [1.807, 2.05) is 51.3 Å². The summed E-state index contributed by atoms with van der Waals surface area (Å²) in [5, 5.41) is 3.40. The van der Waals surface area contributed by atoms with E-state index in [0.717, 1.165) is 22.3 Å². The number of aromatic nitrogens is 2. The van der Waals surface area contributed by atoms with E-state index >= 15 is 0 Å². The number of rotatable bonds is 2. The number of piperidine rings is 1. The molecule has 0 radical (unpaired) electrons. The standard InChI is InChI=1S/C15H15N3O2.2C2H6/c1-3-11-9(2)10-5-4-8-16-14(10)18(11)12-6-7-13(19)17-15(12)20;2*1-2/h3-5,8,12H,1,6-7H2,2H3,(H,17,19,20);2*1-2H3. The van der Waals surface area contributed by atoms with Gasteiger partial charge in [0.15, 0.2) is 0 Å². The molecule has 3 rings (SSSR count). The van der Waals surface area contributed by atoms with Gasteiger partial charge in [-0.1, -0.05) is 34.3 Å². The molecular weight excluding hydrogens is 302 g/mol. The number of hydrogen-bond donors (Lipinski definition) is 1. The molecule has 0 bridgehead atoms. The second-order valence-corrected chi connectivity index (χ2v) is 4.93. The van der Waals surface area contributed by atoms with Gasteiger partial charge in [0.05, 0.1) is 0 Å². The van der Waals surface area contributed by atoms with E-state index in [2.05, 4.69) is 16.9 Å². The molecule has 1 N–H and O–H groups in total. The SMILES string of the molecule is C=Cc1c(C)c2cccnc2n1C1CCC(=O)NC1=O.CC.CC. The molecule has 2 aromatic rings. The Morgan fingerprint density at radius 2 is 1.96 bits per heavy atom. The summed E-state index contributed by atoms with van der Waals surface area (Å²) in [6.45, 7) is 13.8. The molecular formula is C19H27N3O2. The molecule has 130 valence electrons. The highest BCUT2D eigenvalue weighted by atomic mass is 16.2. The van der Waals surface area contributed by atoms with Crippen LogP contribution >= 0.6 is 0 Å². The van der Waals surface area contributed by atoms with Gasteiger partial charge >= 0.3 is 0 Å². The number of carbonyl (C=O) groups excluding carboxylic acids is 2. The first-order valence-electron chi connectivity index (χ1n) is 8.55. The molecule has 1 aliphatic rings. The Kier molecular flexibility index (Phi) is 7.36. The van der Waals surface area contributed by atoms with Crippen molar-refractivity contribution in [1.29, 1.82) is 0 Å². The van der Waals surface area contributed by atoms with Crippen molar-refractivity contribution < 1.29 is 9.59 Å². The molecule has 1 saturated heterocycles. The number of nitrogens with one attached hydrogen (secondary N) is 1. The first-order chi connectivity index (χ1) is 11.6. The lowest BCUT2D eigenvalue weighted by molar-refractivity contribution is -0.135. The summed E-state index contributed by atoms with van der Waals surface area (Å²) in [6.07, 6.45) is 4.28. The third kappa shape index (κ3) is 3.55. The van der Waals surface area contributed by atoms with Gasteiger partial charge in [-0.2, -0.15) is 0 Å². The monoisotopic (exact) mass is 329 g/mol. The zero-order valence-electron chi connectivity index (χ0n) is 15.2. The van der Waals surface area contributed by atoms with Crippen LogP contribution in [0.15, 0.2) is 24.9 Å². The van der Waals surface area contributed by atoms with Crippen molar-refractivity contribution in [2.24, 2.45) is 0 Å². The third-order valence-electron chi connectivity index (χ3n) is 3.78. The predicted molar refractivity (Wildman–Crippen MR) is 98.7 cm³/mol. The molecule has 5 nitrogen and oxygen atoms in total. The molecule has 2 amide bonds. The van der Waals surface area contributed by atoms with Crippen LogP contribution in [0.5, 0.6) is 0 Å². The van der Waals surface area contributed by atoms with Gasteiger partial charge in [-0.05, 0) is 37.1 Å². The van der Waals surface area contributed by atoms with Crippen molar-refractivity contribution in [3.63, 3.8) is 0 Å². The molecule has 1 atom stereocenters. The molecule has 24 heavy (non-hydrogen) atoms. The number of carbonyl (C=O) groups is 2. The van der Waals surface area contributed by atoms with Gasteiger partial charge in [-0.25, -0.2) is 4.98 Å². The maximum absolute atomic E-state index is 12.1. The minimum Gasteiger partial charge on any atom is -0.313 e. The van der Waals surface area contributed by atoms with Crippen LogP contribution in [0.1, 0.15) is 57.8 Å². The minimum absolute atomic E-state index is 0.215. The van der Waals surface area contributed by atoms with E-state index in [-0.39, 0.29) is 11.8 Å². The second-order valence-electron chi connectivity index (χ2n) is 4.93. The normalized spacial score (nSPS) is 16.5. The number of hydrogen-bond acceptors (Lipinski definition) is 3. The van der Waals surface area contributed by atoms with Crippen LogP contribution < -0.4 is 5.32 Å². The predicted octanol–water partition coefficient (Wildman–Crippen LogP) is 4.02. The largest absolute Gasteiger partial charge is 0.313 e. The molecule has 5 heteroatoms. The van der Waals surface area contributed by atoms with E-state index in [0.29, 0.717) is 12.8 Å². The van der Waals surface area contributed by atoms with E-state index in [4.69, 9.17) is 0 Å². The highest BCUT2D eigenvalue weighted by molar-refractivity contribution is 6.00. The Labute approximate surface area is 143 Å². The fourth-order valence-corrected chi connectivity index (χ4v) is 2.81. The van der Waals surface area contributed by atoms with Crippen molar-refractivity contribution in [3.05, 3.63) is 36.2 Å². The van der Waals surface area contributed by atoms with Crippen molar-refractivity contribution >= 4 is 28.9 Å². The lowest BCUT2D eigenvalue weighted by Gasteiger charge is -2.24.